The highest BCUT2D eigenvalue weighted by molar-refractivity contribution is 5.76. The fraction of sp³-hybridized carbons (Fsp3) is 0.471. The summed E-state index contributed by atoms with van der Waals surface area (Å²) in [5.41, 5.74) is 7.16. The van der Waals surface area contributed by atoms with Gasteiger partial charge < -0.3 is 19.9 Å². The third-order valence-corrected chi connectivity index (χ3v) is 4.26. The van der Waals surface area contributed by atoms with E-state index in [1.54, 1.807) is 18.7 Å². The molecule has 1 aliphatic heterocycles. The Morgan fingerprint density at radius 1 is 1.46 bits per heavy atom. The third-order valence-electron chi connectivity index (χ3n) is 4.26. The van der Waals surface area contributed by atoms with Crippen LogP contribution in [0, 0.1) is 0 Å². The summed E-state index contributed by atoms with van der Waals surface area (Å²) < 4.78 is 7.47. The van der Waals surface area contributed by atoms with Gasteiger partial charge in [-0.1, -0.05) is 0 Å². The van der Waals surface area contributed by atoms with Crippen LogP contribution < -0.4 is 10.5 Å². The molecule has 0 aliphatic carbocycles. The quantitative estimate of drug-likeness (QED) is 0.797. The number of pyridine rings is 1. The Morgan fingerprint density at radius 3 is 3.04 bits per heavy atom. The highest BCUT2D eigenvalue weighted by Gasteiger charge is 2.34. The monoisotopic (exact) mass is 329 g/mol. The van der Waals surface area contributed by atoms with E-state index in [-0.39, 0.29) is 17.9 Å². The first kappa shape index (κ1) is 16.4. The Bertz CT molecular complexity index is 673. The molecule has 0 saturated carbocycles. The maximum atomic E-state index is 12.4. The maximum Gasteiger partial charge on any atom is 0.222 e. The zero-order valence-corrected chi connectivity index (χ0v) is 13.8. The first-order chi connectivity index (χ1) is 11.6. The number of amides is 1. The van der Waals surface area contributed by atoms with Gasteiger partial charge in [0, 0.05) is 50.9 Å². The smallest absolute Gasteiger partial charge is 0.222 e. The number of hydrogen-bond donors (Lipinski definition) is 1. The molecule has 1 amide bonds. The lowest BCUT2D eigenvalue weighted by atomic mass is 10.0. The van der Waals surface area contributed by atoms with Gasteiger partial charge in [-0.25, -0.2) is 4.98 Å². The molecule has 2 aromatic rings. The van der Waals surface area contributed by atoms with Crippen LogP contribution in [-0.2, 0) is 11.8 Å². The SMILES string of the molecule is Cn1cnc([C@@H]2CN(C(=O)CCCOc3cccnc3)C[C@H]2N)c1. The van der Waals surface area contributed by atoms with Crippen LogP contribution >= 0.6 is 0 Å². The number of likely N-dealkylation sites (tertiary alicyclic amines) is 1. The Balaban J connectivity index is 1.44. The number of ether oxygens (including phenoxy) is 1. The zero-order valence-electron chi connectivity index (χ0n) is 13.8. The summed E-state index contributed by atoms with van der Waals surface area (Å²) in [6.07, 6.45) is 8.24. The molecule has 0 unspecified atom stereocenters. The molecule has 2 N–H and O–H groups in total. The van der Waals surface area contributed by atoms with Gasteiger partial charge >= 0.3 is 0 Å². The van der Waals surface area contributed by atoms with Crippen molar-refractivity contribution in [3.63, 3.8) is 0 Å². The van der Waals surface area contributed by atoms with Crippen molar-refractivity contribution in [3.05, 3.63) is 42.7 Å². The number of imidazole rings is 1. The van der Waals surface area contributed by atoms with Crippen molar-refractivity contribution >= 4 is 5.91 Å². The van der Waals surface area contributed by atoms with E-state index in [0.717, 1.165) is 11.4 Å². The molecule has 7 heteroatoms. The highest BCUT2D eigenvalue weighted by Crippen LogP contribution is 2.25. The van der Waals surface area contributed by atoms with Crippen LogP contribution in [0.3, 0.4) is 0 Å². The van der Waals surface area contributed by atoms with Gasteiger partial charge in [-0.05, 0) is 18.6 Å². The average Bonchev–Trinajstić information content (AvgIpc) is 3.18. The molecular formula is C17H23N5O2. The highest BCUT2D eigenvalue weighted by atomic mass is 16.5. The molecule has 128 valence electrons. The lowest BCUT2D eigenvalue weighted by Gasteiger charge is -2.16. The molecule has 0 bridgehead atoms. The largest absolute Gasteiger partial charge is 0.492 e. The topological polar surface area (TPSA) is 86.3 Å². The average molecular weight is 329 g/mol. The molecule has 0 radical (unpaired) electrons. The molecule has 3 heterocycles. The van der Waals surface area contributed by atoms with Crippen LogP contribution in [0.5, 0.6) is 5.75 Å². The number of aromatic nitrogens is 3. The Labute approximate surface area is 141 Å². The van der Waals surface area contributed by atoms with Gasteiger partial charge in [-0.3, -0.25) is 9.78 Å². The van der Waals surface area contributed by atoms with Crippen LogP contribution in [0.1, 0.15) is 24.5 Å². The summed E-state index contributed by atoms with van der Waals surface area (Å²) >= 11 is 0. The van der Waals surface area contributed by atoms with Crippen molar-refractivity contribution in [1.29, 1.82) is 0 Å². The van der Waals surface area contributed by atoms with Crippen LogP contribution in [0.2, 0.25) is 0 Å². The molecule has 24 heavy (non-hydrogen) atoms. The fourth-order valence-electron chi connectivity index (χ4n) is 2.97. The van der Waals surface area contributed by atoms with E-state index in [9.17, 15) is 4.79 Å². The Kier molecular flexibility index (Phi) is 5.10. The molecule has 7 nitrogen and oxygen atoms in total. The van der Waals surface area contributed by atoms with E-state index in [1.807, 2.05) is 34.8 Å². The standard InChI is InChI=1S/C17H23N5O2/c1-21-11-16(20-12-21)14-9-22(10-15(14)18)17(23)5-3-7-24-13-4-2-6-19-8-13/h2,4,6,8,11-12,14-15H,3,5,7,9-10,18H2,1H3/t14-,15-/m1/s1. The summed E-state index contributed by atoms with van der Waals surface area (Å²) in [7, 11) is 1.93. The minimum absolute atomic E-state index is 0.0597. The van der Waals surface area contributed by atoms with Crippen molar-refractivity contribution in [2.45, 2.75) is 24.8 Å². The normalized spacial score (nSPS) is 20.3. The third kappa shape index (κ3) is 3.91. The van der Waals surface area contributed by atoms with Gasteiger partial charge in [0.25, 0.3) is 0 Å². The van der Waals surface area contributed by atoms with E-state index in [1.165, 1.54) is 0 Å². The number of rotatable bonds is 6. The summed E-state index contributed by atoms with van der Waals surface area (Å²) in [6, 6.07) is 3.62. The molecule has 2 aromatic heterocycles. The van der Waals surface area contributed by atoms with Gasteiger partial charge in [0.15, 0.2) is 0 Å². The van der Waals surface area contributed by atoms with E-state index in [4.69, 9.17) is 10.5 Å². The Morgan fingerprint density at radius 2 is 2.33 bits per heavy atom. The summed E-state index contributed by atoms with van der Waals surface area (Å²) in [4.78, 5) is 22.6. The predicted octanol–water partition coefficient (Wildman–Crippen LogP) is 0.927. The lowest BCUT2D eigenvalue weighted by Crippen LogP contribution is -2.32. The first-order valence-corrected chi connectivity index (χ1v) is 8.17. The van der Waals surface area contributed by atoms with Gasteiger partial charge in [0.2, 0.25) is 5.91 Å². The minimum atomic E-state index is -0.0597. The second-order valence-corrected chi connectivity index (χ2v) is 6.17. The summed E-state index contributed by atoms with van der Waals surface area (Å²) in [6.45, 7) is 1.73. The summed E-state index contributed by atoms with van der Waals surface area (Å²) in [5.74, 6) is 0.962. The second-order valence-electron chi connectivity index (χ2n) is 6.17. The van der Waals surface area contributed by atoms with Crippen LogP contribution in [0.15, 0.2) is 37.1 Å². The Hall–Kier alpha value is -2.41. The minimum Gasteiger partial charge on any atom is -0.492 e. The molecule has 0 spiro atoms. The van der Waals surface area contributed by atoms with Gasteiger partial charge in [0.1, 0.15) is 5.75 Å². The molecule has 1 fully saturated rings. The van der Waals surface area contributed by atoms with E-state index < -0.39 is 0 Å². The molecule has 0 aromatic carbocycles. The van der Waals surface area contributed by atoms with Crippen LogP contribution in [0.25, 0.3) is 0 Å². The van der Waals surface area contributed by atoms with E-state index >= 15 is 0 Å². The number of carbonyl (C=O) groups excluding carboxylic acids is 1. The van der Waals surface area contributed by atoms with Crippen molar-refractivity contribution in [2.24, 2.45) is 12.8 Å². The van der Waals surface area contributed by atoms with Gasteiger partial charge in [-0.15, -0.1) is 0 Å². The lowest BCUT2D eigenvalue weighted by molar-refractivity contribution is -0.130. The van der Waals surface area contributed by atoms with Crippen molar-refractivity contribution in [1.82, 2.24) is 19.4 Å². The number of carbonyl (C=O) groups is 1. The number of nitrogens with zero attached hydrogens (tertiary/aromatic N) is 4. The summed E-state index contributed by atoms with van der Waals surface area (Å²) in [5, 5.41) is 0. The van der Waals surface area contributed by atoms with Gasteiger partial charge in [0.05, 0.1) is 24.8 Å². The van der Waals surface area contributed by atoms with Crippen molar-refractivity contribution in [2.75, 3.05) is 19.7 Å². The predicted molar refractivity (Wildman–Crippen MR) is 89.5 cm³/mol. The van der Waals surface area contributed by atoms with E-state index in [0.29, 0.717) is 32.5 Å². The van der Waals surface area contributed by atoms with Crippen LogP contribution in [-0.4, -0.2) is 51.1 Å². The molecule has 1 saturated heterocycles. The number of aryl methyl sites for hydroxylation is 1. The molecule has 1 aliphatic rings. The second kappa shape index (κ2) is 7.44. The maximum absolute atomic E-state index is 12.4. The van der Waals surface area contributed by atoms with Crippen molar-refractivity contribution < 1.29 is 9.53 Å². The fourth-order valence-corrected chi connectivity index (χ4v) is 2.97. The van der Waals surface area contributed by atoms with Gasteiger partial charge in [-0.2, -0.15) is 0 Å². The molecular weight excluding hydrogens is 306 g/mol. The zero-order chi connectivity index (χ0) is 16.9. The molecule has 3 rings (SSSR count). The molecule has 2 atom stereocenters. The van der Waals surface area contributed by atoms with Crippen LogP contribution in [0.4, 0.5) is 0 Å². The number of hydrogen-bond acceptors (Lipinski definition) is 5. The number of nitrogens with two attached hydrogens (primary N) is 1. The van der Waals surface area contributed by atoms with Crippen molar-refractivity contribution in [3.8, 4) is 5.75 Å². The van der Waals surface area contributed by atoms with E-state index in [2.05, 4.69) is 9.97 Å². The first-order valence-electron chi connectivity index (χ1n) is 8.17.